The molecule has 0 aliphatic rings. The molecule has 0 radical (unpaired) electrons. The zero-order valence-electron chi connectivity index (χ0n) is 16.2. The second-order valence-electron chi connectivity index (χ2n) is 7.04. The van der Waals surface area contributed by atoms with Gasteiger partial charge in [-0.2, -0.15) is 0 Å². The van der Waals surface area contributed by atoms with Crippen LogP contribution in [0, 0.1) is 27.7 Å². The minimum Gasteiger partial charge on any atom is -0.360 e. The number of carbonyl (C=O) groups is 1. The third kappa shape index (κ3) is 2.94. The van der Waals surface area contributed by atoms with E-state index in [9.17, 15) is 9.59 Å². The summed E-state index contributed by atoms with van der Waals surface area (Å²) in [6.45, 7) is 7.42. The number of hydrogen-bond acceptors (Lipinski definition) is 5. The Balaban J connectivity index is 1.71. The SMILES string of the molecule is Cc1ccc2ncn(CC(=O)c3cc(C)n(-c4cc(C)on4)c3C)c(=O)c2c1. The molecule has 1 aromatic carbocycles. The Morgan fingerprint density at radius 3 is 2.61 bits per heavy atom. The molecule has 7 nitrogen and oxygen atoms in total. The van der Waals surface area contributed by atoms with Crippen LogP contribution < -0.4 is 5.56 Å². The van der Waals surface area contributed by atoms with Crippen molar-refractivity contribution >= 4 is 16.7 Å². The van der Waals surface area contributed by atoms with Gasteiger partial charge in [-0.05, 0) is 45.9 Å². The maximum Gasteiger partial charge on any atom is 0.261 e. The van der Waals surface area contributed by atoms with Crippen molar-refractivity contribution in [3.63, 3.8) is 0 Å². The summed E-state index contributed by atoms with van der Waals surface area (Å²) in [5.41, 5.74) is 3.56. The number of nitrogens with zero attached hydrogens (tertiary/aromatic N) is 4. The highest BCUT2D eigenvalue weighted by molar-refractivity contribution is 5.97. The van der Waals surface area contributed by atoms with Gasteiger partial charge in [-0.15, -0.1) is 0 Å². The lowest BCUT2D eigenvalue weighted by molar-refractivity contribution is 0.0970. The molecule has 4 rings (SSSR count). The summed E-state index contributed by atoms with van der Waals surface area (Å²) in [5, 5.41) is 4.55. The Morgan fingerprint density at radius 2 is 1.89 bits per heavy atom. The van der Waals surface area contributed by atoms with Crippen LogP contribution in [0.3, 0.4) is 0 Å². The van der Waals surface area contributed by atoms with Crippen molar-refractivity contribution in [3.05, 3.63) is 75.3 Å². The topological polar surface area (TPSA) is 82.9 Å². The number of rotatable bonds is 4. The molecule has 7 heteroatoms. The fraction of sp³-hybridized carbons (Fsp3) is 0.238. The van der Waals surface area contributed by atoms with Gasteiger partial charge >= 0.3 is 0 Å². The molecule has 3 heterocycles. The molecular weight excluding hydrogens is 356 g/mol. The zero-order valence-corrected chi connectivity index (χ0v) is 16.2. The average Bonchev–Trinajstić information content (AvgIpc) is 3.20. The van der Waals surface area contributed by atoms with Crippen molar-refractivity contribution in [1.82, 2.24) is 19.3 Å². The molecule has 4 aromatic rings. The molecule has 0 bridgehead atoms. The van der Waals surface area contributed by atoms with E-state index < -0.39 is 0 Å². The van der Waals surface area contributed by atoms with Crippen molar-refractivity contribution in [2.75, 3.05) is 0 Å². The van der Waals surface area contributed by atoms with E-state index in [1.165, 1.54) is 10.9 Å². The van der Waals surface area contributed by atoms with E-state index >= 15 is 0 Å². The summed E-state index contributed by atoms with van der Waals surface area (Å²) in [6, 6.07) is 9.14. The first kappa shape index (κ1) is 17.9. The first-order valence-corrected chi connectivity index (χ1v) is 8.97. The van der Waals surface area contributed by atoms with Crippen molar-refractivity contribution in [2.45, 2.75) is 34.2 Å². The van der Waals surface area contributed by atoms with Gasteiger partial charge in [0.15, 0.2) is 11.6 Å². The fourth-order valence-corrected chi connectivity index (χ4v) is 3.48. The standard InChI is InChI=1S/C21H20N4O3/c1-12-5-6-18-17(7-12)21(27)24(11-22-18)10-19(26)16-8-13(2)25(15(16)4)20-9-14(3)28-23-20/h5-9,11H,10H2,1-4H3. The summed E-state index contributed by atoms with van der Waals surface area (Å²) in [6.07, 6.45) is 1.43. The number of benzene rings is 1. The zero-order chi connectivity index (χ0) is 20.0. The number of ketones is 1. The van der Waals surface area contributed by atoms with Gasteiger partial charge in [0.05, 0.1) is 23.8 Å². The fourth-order valence-electron chi connectivity index (χ4n) is 3.48. The van der Waals surface area contributed by atoms with Crippen LogP contribution in [-0.4, -0.2) is 25.1 Å². The van der Waals surface area contributed by atoms with Crippen molar-refractivity contribution < 1.29 is 9.32 Å². The van der Waals surface area contributed by atoms with E-state index in [0.29, 0.717) is 28.0 Å². The highest BCUT2D eigenvalue weighted by atomic mass is 16.5. The molecule has 0 saturated carbocycles. The predicted molar refractivity (Wildman–Crippen MR) is 105 cm³/mol. The Labute approximate surface area is 161 Å². The lowest BCUT2D eigenvalue weighted by Gasteiger charge is -2.07. The molecular formula is C21H20N4O3. The molecule has 0 unspecified atom stereocenters. The quantitative estimate of drug-likeness (QED) is 0.511. The third-order valence-corrected chi connectivity index (χ3v) is 4.87. The molecule has 0 fully saturated rings. The maximum absolute atomic E-state index is 12.9. The lowest BCUT2D eigenvalue weighted by atomic mass is 10.1. The molecule has 0 aliphatic carbocycles. The summed E-state index contributed by atoms with van der Waals surface area (Å²) < 4.78 is 8.38. The van der Waals surface area contributed by atoms with Crippen molar-refractivity contribution in [1.29, 1.82) is 0 Å². The van der Waals surface area contributed by atoms with E-state index in [1.807, 2.05) is 56.5 Å². The number of hydrogen-bond donors (Lipinski definition) is 0. The van der Waals surface area contributed by atoms with Gasteiger partial charge in [0, 0.05) is 23.0 Å². The van der Waals surface area contributed by atoms with E-state index in [-0.39, 0.29) is 17.9 Å². The first-order valence-electron chi connectivity index (χ1n) is 8.97. The highest BCUT2D eigenvalue weighted by Crippen LogP contribution is 2.21. The first-order chi connectivity index (χ1) is 13.3. The van der Waals surface area contributed by atoms with E-state index in [0.717, 1.165) is 17.0 Å². The van der Waals surface area contributed by atoms with Crippen LogP contribution >= 0.6 is 0 Å². The van der Waals surface area contributed by atoms with Crippen LogP contribution in [-0.2, 0) is 6.54 Å². The normalized spacial score (nSPS) is 11.3. The van der Waals surface area contributed by atoms with Crippen LogP contribution in [0.1, 0.15) is 33.1 Å². The number of aryl methyl sites for hydroxylation is 3. The molecule has 0 aliphatic heterocycles. The predicted octanol–water partition coefficient (Wildman–Crippen LogP) is 3.29. The van der Waals surface area contributed by atoms with Crippen LogP contribution in [0.5, 0.6) is 0 Å². The largest absolute Gasteiger partial charge is 0.360 e. The van der Waals surface area contributed by atoms with Gasteiger partial charge in [0.2, 0.25) is 0 Å². The Kier molecular flexibility index (Phi) is 4.22. The van der Waals surface area contributed by atoms with Crippen LogP contribution in [0.2, 0.25) is 0 Å². The molecule has 0 spiro atoms. The van der Waals surface area contributed by atoms with Gasteiger partial charge in [-0.25, -0.2) is 4.98 Å². The van der Waals surface area contributed by atoms with E-state index in [2.05, 4.69) is 10.1 Å². The molecule has 0 saturated heterocycles. The third-order valence-electron chi connectivity index (χ3n) is 4.87. The molecule has 0 N–H and O–H groups in total. The van der Waals surface area contributed by atoms with Gasteiger partial charge in [0.25, 0.3) is 5.56 Å². The molecule has 0 atom stereocenters. The van der Waals surface area contributed by atoms with Crippen molar-refractivity contribution in [2.24, 2.45) is 0 Å². The van der Waals surface area contributed by atoms with Gasteiger partial charge in [0.1, 0.15) is 5.76 Å². The second-order valence-corrected chi connectivity index (χ2v) is 7.04. The van der Waals surface area contributed by atoms with Crippen LogP contribution in [0.4, 0.5) is 0 Å². The van der Waals surface area contributed by atoms with Crippen molar-refractivity contribution in [3.8, 4) is 5.82 Å². The Morgan fingerprint density at radius 1 is 1.11 bits per heavy atom. The Hall–Kier alpha value is -3.48. The second kappa shape index (κ2) is 6.60. The minimum absolute atomic E-state index is 0.0716. The maximum atomic E-state index is 12.9. The smallest absolute Gasteiger partial charge is 0.261 e. The summed E-state index contributed by atoms with van der Waals surface area (Å²) in [5.74, 6) is 1.17. The molecule has 3 aromatic heterocycles. The number of Topliss-reactive ketones (excluding diaryl/α,β-unsaturated/α-hetero) is 1. The minimum atomic E-state index is -0.219. The van der Waals surface area contributed by atoms with E-state index in [4.69, 9.17) is 4.52 Å². The average molecular weight is 376 g/mol. The van der Waals surface area contributed by atoms with Gasteiger partial charge < -0.3 is 4.52 Å². The number of fused-ring (bicyclic) bond motifs is 1. The summed E-state index contributed by atoms with van der Waals surface area (Å²) in [4.78, 5) is 30.0. The molecule has 142 valence electrons. The van der Waals surface area contributed by atoms with Crippen LogP contribution in [0.25, 0.3) is 16.7 Å². The molecule has 28 heavy (non-hydrogen) atoms. The lowest BCUT2D eigenvalue weighted by Crippen LogP contribution is -2.25. The van der Waals surface area contributed by atoms with Gasteiger partial charge in [-0.1, -0.05) is 16.8 Å². The van der Waals surface area contributed by atoms with Crippen LogP contribution in [0.15, 0.2) is 46.0 Å². The summed E-state index contributed by atoms with van der Waals surface area (Å²) >= 11 is 0. The number of aromatic nitrogens is 4. The monoisotopic (exact) mass is 376 g/mol. The summed E-state index contributed by atoms with van der Waals surface area (Å²) in [7, 11) is 0. The Bertz CT molecular complexity index is 1280. The molecule has 0 amide bonds. The van der Waals surface area contributed by atoms with Gasteiger partial charge in [-0.3, -0.25) is 18.7 Å². The highest BCUT2D eigenvalue weighted by Gasteiger charge is 2.19. The number of carbonyl (C=O) groups excluding carboxylic acids is 1. The van der Waals surface area contributed by atoms with E-state index in [1.54, 1.807) is 6.07 Å².